The Kier molecular flexibility index (Phi) is 5.63. The Balaban J connectivity index is 1.67. The lowest BCUT2D eigenvalue weighted by Crippen LogP contribution is -2.49. The molecule has 0 aliphatic carbocycles. The number of hydrogen-bond donors (Lipinski definition) is 1. The third-order valence-electron chi connectivity index (χ3n) is 3.44. The van der Waals surface area contributed by atoms with Gasteiger partial charge in [0.2, 0.25) is 0 Å². The van der Waals surface area contributed by atoms with Crippen molar-refractivity contribution in [1.82, 2.24) is 4.90 Å². The highest BCUT2D eigenvalue weighted by Gasteiger charge is 2.24. The van der Waals surface area contributed by atoms with Gasteiger partial charge in [0.05, 0.1) is 25.9 Å². The second kappa shape index (κ2) is 7.48. The molecular weight excluding hydrogens is 242 g/mol. The van der Waals surface area contributed by atoms with E-state index in [4.69, 9.17) is 14.6 Å². The third-order valence-corrected chi connectivity index (χ3v) is 3.44. The summed E-state index contributed by atoms with van der Waals surface area (Å²) in [6.07, 6.45) is 0.948. The highest BCUT2D eigenvalue weighted by atomic mass is 16.5. The monoisotopic (exact) mass is 265 g/mol. The largest absolute Gasteiger partial charge is 0.494 e. The molecule has 0 aromatic heterocycles. The molecule has 4 nitrogen and oxygen atoms in total. The zero-order chi connectivity index (χ0) is 13.5. The number of nitrogens with zero attached hydrogens (tertiary/aromatic N) is 1. The lowest BCUT2D eigenvalue weighted by Gasteiger charge is -2.37. The molecule has 0 radical (unpaired) electrons. The summed E-state index contributed by atoms with van der Waals surface area (Å²) in [6.45, 7) is 5.47. The quantitative estimate of drug-likeness (QED) is 0.792. The average Bonchev–Trinajstić information content (AvgIpc) is 2.46. The fraction of sp³-hybridized carbons (Fsp3) is 0.600. The first kappa shape index (κ1) is 14.3. The van der Waals surface area contributed by atoms with Gasteiger partial charge in [-0.3, -0.25) is 4.90 Å². The van der Waals surface area contributed by atoms with Gasteiger partial charge in [-0.05, 0) is 25.5 Å². The second-order valence-corrected chi connectivity index (χ2v) is 5.00. The van der Waals surface area contributed by atoms with E-state index in [-0.39, 0.29) is 12.7 Å². The number of benzene rings is 1. The van der Waals surface area contributed by atoms with Crippen LogP contribution in [0, 0.1) is 0 Å². The van der Waals surface area contributed by atoms with Gasteiger partial charge >= 0.3 is 0 Å². The van der Waals surface area contributed by atoms with Crippen molar-refractivity contribution in [1.29, 1.82) is 0 Å². The van der Waals surface area contributed by atoms with Crippen molar-refractivity contribution in [2.24, 2.45) is 0 Å². The number of ether oxygens (including phenoxy) is 2. The molecule has 2 unspecified atom stereocenters. The molecule has 2 atom stereocenters. The van der Waals surface area contributed by atoms with Gasteiger partial charge in [-0.15, -0.1) is 0 Å². The summed E-state index contributed by atoms with van der Waals surface area (Å²) in [7, 11) is 0. The first-order chi connectivity index (χ1) is 9.29. The number of aliphatic hydroxyl groups is 1. The zero-order valence-electron chi connectivity index (χ0n) is 11.5. The van der Waals surface area contributed by atoms with Crippen LogP contribution in [0.2, 0.25) is 0 Å². The highest BCUT2D eigenvalue weighted by molar-refractivity contribution is 5.20. The van der Waals surface area contributed by atoms with Gasteiger partial charge in [-0.2, -0.15) is 0 Å². The SMILES string of the molecule is CC1COC(CO)CN1CCCOc1ccccc1. The number of rotatable bonds is 6. The maximum Gasteiger partial charge on any atom is 0.119 e. The molecule has 1 aliphatic rings. The van der Waals surface area contributed by atoms with Crippen LogP contribution in [-0.2, 0) is 4.74 Å². The Morgan fingerprint density at radius 2 is 2.16 bits per heavy atom. The maximum atomic E-state index is 9.14. The van der Waals surface area contributed by atoms with E-state index in [0.717, 1.165) is 31.9 Å². The molecule has 1 aliphatic heterocycles. The van der Waals surface area contributed by atoms with Crippen molar-refractivity contribution >= 4 is 0 Å². The fourth-order valence-corrected chi connectivity index (χ4v) is 2.27. The summed E-state index contributed by atoms with van der Waals surface area (Å²) in [6, 6.07) is 10.3. The van der Waals surface area contributed by atoms with Crippen LogP contribution < -0.4 is 4.74 Å². The van der Waals surface area contributed by atoms with Crippen LogP contribution in [0.25, 0.3) is 0 Å². The normalized spacial score (nSPS) is 24.3. The predicted molar refractivity (Wildman–Crippen MR) is 74.4 cm³/mol. The Hall–Kier alpha value is -1.10. The lowest BCUT2D eigenvalue weighted by atomic mass is 10.2. The van der Waals surface area contributed by atoms with Crippen molar-refractivity contribution in [3.8, 4) is 5.75 Å². The van der Waals surface area contributed by atoms with Crippen LogP contribution in [0.1, 0.15) is 13.3 Å². The van der Waals surface area contributed by atoms with E-state index in [0.29, 0.717) is 12.6 Å². The van der Waals surface area contributed by atoms with Crippen molar-refractivity contribution in [3.05, 3.63) is 30.3 Å². The smallest absolute Gasteiger partial charge is 0.119 e. The molecule has 1 heterocycles. The van der Waals surface area contributed by atoms with Crippen molar-refractivity contribution in [2.75, 3.05) is 32.9 Å². The van der Waals surface area contributed by atoms with Crippen molar-refractivity contribution in [2.45, 2.75) is 25.5 Å². The topological polar surface area (TPSA) is 41.9 Å². The van der Waals surface area contributed by atoms with Crippen molar-refractivity contribution in [3.63, 3.8) is 0 Å². The van der Waals surface area contributed by atoms with Gasteiger partial charge in [0.15, 0.2) is 0 Å². The zero-order valence-corrected chi connectivity index (χ0v) is 11.5. The van der Waals surface area contributed by atoms with E-state index in [1.807, 2.05) is 30.3 Å². The molecule has 1 aromatic carbocycles. The minimum absolute atomic E-state index is 0.0359. The summed E-state index contributed by atoms with van der Waals surface area (Å²) in [5, 5.41) is 9.14. The van der Waals surface area contributed by atoms with Gasteiger partial charge in [-0.25, -0.2) is 0 Å². The van der Waals surface area contributed by atoms with Gasteiger partial charge in [0.25, 0.3) is 0 Å². The molecule has 106 valence electrons. The Morgan fingerprint density at radius 1 is 1.37 bits per heavy atom. The molecule has 0 saturated carbocycles. The lowest BCUT2D eigenvalue weighted by molar-refractivity contribution is -0.0784. The van der Waals surface area contributed by atoms with E-state index in [2.05, 4.69) is 11.8 Å². The standard InChI is InChI=1S/C15H23NO3/c1-13-12-19-15(11-17)10-16(13)8-5-9-18-14-6-3-2-4-7-14/h2-4,6-7,13,15,17H,5,8-12H2,1H3. The molecule has 0 amide bonds. The fourth-order valence-electron chi connectivity index (χ4n) is 2.27. The van der Waals surface area contributed by atoms with E-state index in [9.17, 15) is 0 Å². The number of aliphatic hydroxyl groups excluding tert-OH is 1. The van der Waals surface area contributed by atoms with Crippen LogP contribution >= 0.6 is 0 Å². The summed E-state index contributed by atoms with van der Waals surface area (Å²) in [5.41, 5.74) is 0. The van der Waals surface area contributed by atoms with Gasteiger partial charge in [-0.1, -0.05) is 18.2 Å². The molecule has 4 heteroatoms. The van der Waals surface area contributed by atoms with Crippen LogP contribution in [0.3, 0.4) is 0 Å². The first-order valence-electron chi connectivity index (χ1n) is 6.94. The Morgan fingerprint density at radius 3 is 2.89 bits per heavy atom. The molecule has 0 spiro atoms. The highest BCUT2D eigenvalue weighted by Crippen LogP contribution is 2.13. The summed E-state index contributed by atoms with van der Waals surface area (Å²) in [5.74, 6) is 0.922. The average molecular weight is 265 g/mol. The van der Waals surface area contributed by atoms with Crippen LogP contribution in [0.4, 0.5) is 0 Å². The second-order valence-electron chi connectivity index (χ2n) is 5.00. The molecular formula is C15H23NO3. The predicted octanol–water partition coefficient (Wildman–Crippen LogP) is 1.54. The third kappa shape index (κ3) is 4.49. The Bertz CT molecular complexity index is 358. The van der Waals surface area contributed by atoms with Crippen molar-refractivity contribution < 1.29 is 14.6 Å². The molecule has 0 bridgehead atoms. The van der Waals surface area contributed by atoms with Crippen LogP contribution in [0.5, 0.6) is 5.75 Å². The molecule has 19 heavy (non-hydrogen) atoms. The minimum atomic E-state index is -0.0359. The number of hydrogen-bond acceptors (Lipinski definition) is 4. The summed E-state index contributed by atoms with van der Waals surface area (Å²) < 4.78 is 11.2. The molecule has 1 aromatic rings. The maximum absolute atomic E-state index is 9.14. The molecule has 1 saturated heterocycles. The molecule has 2 rings (SSSR count). The van der Waals surface area contributed by atoms with Gasteiger partial charge < -0.3 is 14.6 Å². The number of para-hydroxylation sites is 1. The van der Waals surface area contributed by atoms with E-state index in [1.54, 1.807) is 0 Å². The minimum Gasteiger partial charge on any atom is -0.494 e. The summed E-state index contributed by atoms with van der Waals surface area (Å²) >= 11 is 0. The first-order valence-corrected chi connectivity index (χ1v) is 6.94. The number of morpholine rings is 1. The summed E-state index contributed by atoms with van der Waals surface area (Å²) in [4.78, 5) is 2.36. The van der Waals surface area contributed by atoms with Gasteiger partial charge in [0.1, 0.15) is 5.75 Å². The van der Waals surface area contributed by atoms with Crippen LogP contribution in [-0.4, -0.2) is 55.1 Å². The van der Waals surface area contributed by atoms with E-state index < -0.39 is 0 Å². The van der Waals surface area contributed by atoms with Gasteiger partial charge in [0, 0.05) is 19.1 Å². The molecule has 1 N–H and O–H groups in total. The Labute approximate surface area is 114 Å². The van der Waals surface area contributed by atoms with Crippen LogP contribution in [0.15, 0.2) is 30.3 Å². The van der Waals surface area contributed by atoms with E-state index in [1.165, 1.54) is 0 Å². The molecule has 1 fully saturated rings. The van der Waals surface area contributed by atoms with E-state index >= 15 is 0 Å².